The second-order valence-electron chi connectivity index (χ2n) is 4.65. The van der Waals surface area contributed by atoms with E-state index in [4.69, 9.17) is 10.5 Å². The molecule has 0 saturated carbocycles. The van der Waals surface area contributed by atoms with Gasteiger partial charge in [-0.05, 0) is 26.7 Å². The lowest BCUT2D eigenvalue weighted by molar-refractivity contribution is -0.145. The van der Waals surface area contributed by atoms with Crippen LogP contribution in [0.4, 0.5) is 0 Å². The van der Waals surface area contributed by atoms with Gasteiger partial charge < -0.3 is 15.2 Å². The van der Waals surface area contributed by atoms with E-state index in [0.717, 1.165) is 0 Å². The molecular weight excluding hydrogens is 182 g/mol. The molecule has 0 aromatic rings. The third-order valence-corrected chi connectivity index (χ3v) is 2.59. The molecule has 1 aliphatic heterocycles. The van der Waals surface area contributed by atoms with Crippen LogP contribution >= 0.6 is 0 Å². The number of carbonyl (C=O) groups excluding carboxylic acids is 1. The van der Waals surface area contributed by atoms with Crippen molar-refractivity contribution in [2.24, 2.45) is 5.73 Å². The van der Waals surface area contributed by atoms with Crippen molar-refractivity contribution < 1.29 is 14.3 Å². The van der Waals surface area contributed by atoms with Gasteiger partial charge in [0.1, 0.15) is 0 Å². The lowest BCUT2D eigenvalue weighted by Gasteiger charge is -2.41. The van der Waals surface area contributed by atoms with E-state index >= 15 is 0 Å². The first-order valence-corrected chi connectivity index (χ1v) is 4.87. The van der Waals surface area contributed by atoms with Gasteiger partial charge in [0.2, 0.25) is 0 Å². The van der Waals surface area contributed by atoms with E-state index in [1.165, 1.54) is 7.11 Å². The van der Waals surface area contributed by atoms with E-state index in [1.807, 2.05) is 13.8 Å². The summed E-state index contributed by atoms with van der Waals surface area (Å²) >= 11 is 0. The highest BCUT2D eigenvalue weighted by molar-refractivity contribution is 5.70. The summed E-state index contributed by atoms with van der Waals surface area (Å²) in [7, 11) is 1.39. The normalized spacial score (nSPS) is 31.1. The Hall–Kier alpha value is -0.610. The van der Waals surface area contributed by atoms with E-state index < -0.39 is 5.54 Å². The molecule has 4 nitrogen and oxygen atoms in total. The summed E-state index contributed by atoms with van der Waals surface area (Å²) in [5.41, 5.74) is 5.43. The maximum absolute atomic E-state index is 11.2. The van der Waals surface area contributed by atoms with E-state index in [2.05, 4.69) is 4.74 Å². The summed E-state index contributed by atoms with van der Waals surface area (Å²) in [6.07, 6.45) is 1.68. The van der Waals surface area contributed by atoms with Crippen molar-refractivity contribution in [2.75, 3.05) is 13.7 Å². The molecule has 1 rings (SSSR count). The van der Waals surface area contributed by atoms with Crippen molar-refractivity contribution in [3.63, 3.8) is 0 Å². The van der Waals surface area contributed by atoms with Gasteiger partial charge >= 0.3 is 5.97 Å². The molecule has 0 aliphatic carbocycles. The largest absolute Gasteiger partial charge is 0.469 e. The molecular formula is C10H19NO3. The number of hydrogen-bond acceptors (Lipinski definition) is 4. The fourth-order valence-corrected chi connectivity index (χ4v) is 2.03. The van der Waals surface area contributed by atoms with Crippen LogP contribution in [0.15, 0.2) is 0 Å². The first-order chi connectivity index (χ1) is 6.37. The average Bonchev–Trinajstić information content (AvgIpc) is 2.00. The highest BCUT2D eigenvalue weighted by Crippen LogP contribution is 2.32. The van der Waals surface area contributed by atoms with Gasteiger partial charge in [0, 0.05) is 12.1 Å². The van der Waals surface area contributed by atoms with Gasteiger partial charge in [0.05, 0.1) is 19.1 Å². The van der Waals surface area contributed by atoms with Crippen LogP contribution in [0.5, 0.6) is 0 Å². The Morgan fingerprint density at radius 3 is 2.71 bits per heavy atom. The summed E-state index contributed by atoms with van der Waals surface area (Å²) < 4.78 is 10.2. The fourth-order valence-electron chi connectivity index (χ4n) is 2.03. The molecule has 0 spiro atoms. The van der Waals surface area contributed by atoms with Crippen LogP contribution in [0.3, 0.4) is 0 Å². The van der Waals surface area contributed by atoms with Crippen molar-refractivity contribution in [3.8, 4) is 0 Å². The number of rotatable bonds is 2. The minimum atomic E-state index is -0.463. The molecule has 1 heterocycles. The van der Waals surface area contributed by atoms with Crippen molar-refractivity contribution in [1.29, 1.82) is 0 Å². The van der Waals surface area contributed by atoms with E-state index in [1.54, 1.807) is 0 Å². The zero-order valence-corrected chi connectivity index (χ0v) is 9.13. The molecule has 2 N–H and O–H groups in total. The van der Waals surface area contributed by atoms with Crippen LogP contribution in [0.2, 0.25) is 0 Å². The Balaban J connectivity index is 2.60. The van der Waals surface area contributed by atoms with Crippen LogP contribution < -0.4 is 5.73 Å². The van der Waals surface area contributed by atoms with Gasteiger partial charge in [-0.15, -0.1) is 0 Å². The fraction of sp³-hybridized carbons (Fsp3) is 0.900. The van der Waals surface area contributed by atoms with Crippen LogP contribution in [0.1, 0.15) is 33.1 Å². The standard InChI is InChI=1S/C10H19NO3/c1-9(2)7-10(11,4-5-14-9)6-8(12)13-3/h4-7,11H2,1-3H3. The SMILES string of the molecule is COC(=O)CC1(N)CCOC(C)(C)C1. The Labute approximate surface area is 84.7 Å². The molecule has 1 saturated heterocycles. The number of esters is 1. The molecule has 82 valence electrons. The van der Waals surface area contributed by atoms with Gasteiger partial charge in [0.25, 0.3) is 0 Å². The molecule has 0 aromatic heterocycles. The van der Waals surface area contributed by atoms with Gasteiger partial charge in [0.15, 0.2) is 0 Å². The second kappa shape index (κ2) is 3.87. The van der Waals surface area contributed by atoms with Crippen LogP contribution in [0.25, 0.3) is 0 Å². The maximum atomic E-state index is 11.2. The molecule has 0 amide bonds. The number of carbonyl (C=O) groups is 1. The lowest BCUT2D eigenvalue weighted by Crippen LogP contribution is -2.53. The smallest absolute Gasteiger partial charge is 0.307 e. The van der Waals surface area contributed by atoms with Crippen molar-refractivity contribution in [3.05, 3.63) is 0 Å². The topological polar surface area (TPSA) is 61.5 Å². The van der Waals surface area contributed by atoms with Crippen LogP contribution in [-0.2, 0) is 14.3 Å². The van der Waals surface area contributed by atoms with Gasteiger partial charge in [-0.25, -0.2) is 0 Å². The first kappa shape index (κ1) is 11.5. The molecule has 14 heavy (non-hydrogen) atoms. The quantitative estimate of drug-likeness (QED) is 0.672. The van der Waals surface area contributed by atoms with Crippen molar-refractivity contribution >= 4 is 5.97 Å². The van der Waals surface area contributed by atoms with Crippen LogP contribution in [0, 0.1) is 0 Å². The maximum Gasteiger partial charge on any atom is 0.307 e. The average molecular weight is 201 g/mol. The molecule has 1 fully saturated rings. The Bertz CT molecular complexity index is 227. The van der Waals surface area contributed by atoms with E-state index in [9.17, 15) is 4.79 Å². The van der Waals surface area contributed by atoms with Crippen molar-refractivity contribution in [1.82, 2.24) is 0 Å². The Morgan fingerprint density at radius 2 is 2.21 bits per heavy atom. The first-order valence-electron chi connectivity index (χ1n) is 4.87. The van der Waals surface area contributed by atoms with Crippen LogP contribution in [-0.4, -0.2) is 30.8 Å². The Kier molecular flexibility index (Phi) is 3.17. The summed E-state index contributed by atoms with van der Waals surface area (Å²) in [6.45, 7) is 4.59. The molecule has 0 aromatic carbocycles. The lowest BCUT2D eigenvalue weighted by atomic mass is 9.80. The molecule has 1 atom stereocenters. The predicted molar refractivity (Wildman–Crippen MR) is 52.8 cm³/mol. The predicted octanol–water partition coefficient (Wildman–Crippen LogP) is 0.836. The summed E-state index contributed by atoms with van der Waals surface area (Å²) in [5.74, 6) is -0.245. The van der Waals surface area contributed by atoms with E-state index in [0.29, 0.717) is 19.4 Å². The van der Waals surface area contributed by atoms with Crippen molar-refractivity contribution in [2.45, 2.75) is 44.2 Å². The molecule has 4 heteroatoms. The molecule has 0 radical (unpaired) electrons. The second-order valence-corrected chi connectivity index (χ2v) is 4.65. The number of ether oxygens (including phenoxy) is 2. The number of methoxy groups -OCH3 is 1. The van der Waals surface area contributed by atoms with Gasteiger partial charge in [-0.3, -0.25) is 4.79 Å². The summed E-state index contributed by atoms with van der Waals surface area (Å²) in [6, 6.07) is 0. The third kappa shape index (κ3) is 2.96. The molecule has 0 bridgehead atoms. The number of nitrogens with two attached hydrogens (primary N) is 1. The molecule has 1 unspecified atom stereocenters. The third-order valence-electron chi connectivity index (χ3n) is 2.59. The summed E-state index contributed by atoms with van der Waals surface area (Å²) in [5, 5.41) is 0. The summed E-state index contributed by atoms with van der Waals surface area (Å²) in [4.78, 5) is 11.2. The van der Waals surface area contributed by atoms with E-state index in [-0.39, 0.29) is 18.0 Å². The highest BCUT2D eigenvalue weighted by Gasteiger charge is 2.39. The van der Waals surface area contributed by atoms with Gasteiger partial charge in [-0.2, -0.15) is 0 Å². The van der Waals surface area contributed by atoms with Gasteiger partial charge in [-0.1, -0.05) is 0 Å². The zero-order chi connectivity index (χ0) is 10.8. The highest BCUT2D eigenvalue weighted by atomic mass is 16.5. The molecule has 1 aliphatic rings. The number of hydrogen-bond donors (Lipinski definition) is 1. The minimum Gasteiger partial charge on any atom is -0.469 e. The monoisotopic (exact) mass is 201 g/mol. The zero-order valence-electron chi connectivity index (χ0n) is 9.13. The minimum absolute atomic E-state index is 0.235. The Morgan fingerprint density at radius 1 is 1.57 bits per heavy atom.